The third kappa shape index (κ3) is 2.59. The molecule has 1 N–H and O–H groups in total. The normalized spacial score (nSPS) is 17.4. The van der Waals surface area contributed by atoms with Crippen LogP contribution in [-0.2, 0) is 5.41 Å². The molecule has 0 bridgehead atoms. The van der Waals surface area contributed by atoms with Gasteiger partial charge in [0.05, 0.1) is 11.6 Å². The fourth-order valence-corrected chi connectivity index (χ4v) is 3.59. The maximum Gasteiger partial charge on any atom is 0.264 e. The number of fused-ring (bicyclic) bond motifs is 1. The van der Waals surface area contributed by atoms with E-state index in [-0.39, 0.29) is 16.9 Å². The van der Waals surface area contributed by atoms with Gasteiger partial charge in [0.25, 0.3) is 5.56 Å². The Balaban J connectivity index is 2.13. The van der Waals surface area contributed by atoms with Crippen molar-refractivity contribution in [2.24, 2.45) is 0 Å². The van der Waals surface area contributed by atoms with Crippen molar-refractivity contribution in [2.75, 3.05) is 6.61 Å². The molecule has 5 heteroatoms. The molecule has 0 aliphatic carbocycles. The van der Waals surface area contributed by atoms with Crippen LogP contribution in [0.4, 0.5) is 0 Å². The Kier molecular flexibility index (Phi) is 3.55. The number of aromatic nitrogens is 2. The van der Waals surface area contributed by atoms with E-state index in [4.69, 9.17) is 9.72 Å². The average Bonchev–Trinajstić information content (AvgIpc) is 2.84. The molecule has 21 heavy (non-hydrogen) atoms. The molecule has 0 amide bonds. The third-order valence-corrected chi connectivity index (χ3v) is 4.62. The fourth-order valence-electron chi connectivity index (χ4n) is 2.53. The summed E-state index contributed by atoms with van der Waals surface area (Å²) in [6.07, 6.45) is 0. The van der Waals surface area contributed by atoms with Gasteiger partial charge in [-0.15, -0.1) is 0 Å². The smallest absolute Gasteiger partial charge is 0.264 e. The number of ether oxygens (including phenoxy) is 1. The molecule has 0 saturated heterocycles. The van der Waals surface area contributed by atoms with Crippen molar-refractivity contribution < 1.29 is 4.74 Å². The van der Waals surface area contributed by atoms with Gasteiger partial charge in [-0.2, -0.15) is 0 Å². The maximum atomic E-state index is 12.2. The van der Waals surface area contributed by atoms with Crippen molar-refractivity contribution >= 4 is 22.6 Å². The zero-order valence-corrected chi connectivity index (χ0v) is 14.4. The number of hydrogen-bond donors (Lipinski definition) is 1. The van der Waals surface area contributed by atoms with Crippen molar-refractivity contribution in [1.82, 2.24) is 9.97 Å². The van der Waals surface area contributed by atoms with E-state index in [9.17, 15) is 4.79 Å². The first-order valence-electron chi connectivity index (χ1n) is 6.90. The largest absolute Gasteiger partial charge is 0.492 e. The lowest BCUT2D eigenvalue weighted by molar-refractivity contribution is 0.339. The van der Waals surface area contributed by atoms with Gasteiger partial charge < -0.3 is 9.72 Å². The lowest BCUT2D eigenvalue weighted by Crippen LogP contribution is -2.27. The van der Waals surface area contributed by atoms with Crippen molar-refractivity contribution in [3.8, 4) is 5.75 Å². The molecule has 2 aromatic rings. The van der Waals surface area contributed by atoms with Crippen molar-refractivity contribution in [1.29, 1.82) is 0 Å². The third-order valence-electron chi connectivity index (χ3n) is 3.62. The van der Waals surface area contributed by atoms with Gasteiger partial charge in [-0.1, -0.05) is 39.0 Å². The highest BCUT2D eigenvalue weighted by atomic mass is 127. The van der Waals surface area contributed by atoms with Crippen LogP contribution in [0.15, 0.2) is 29.1 Å². The molecule has 0 fully saturated rings. The summed E-state index contributed by atoms with van der Waals surface area (Å²) in [6, 6.07) is 7.91. The highest BCUT2D eigenvalue weighted by Gasteiger charge is 2.30. The van der Waals surface area contributed by atoms with E-state index in [0.717, 1.165) is 17.0 Å². The number of hydrogen-bond acceptors (Lipinski definition) is 3. The van der Waals surface area contributed by atoms with Gasteiger partial charge in [-0.25, -0.2) is 4.98 Å². The first kappa shape index (κ1) is 14.6. The quantitative estimate of drug-likeness (QED) is 0.754. The van der Waals surface area contributed by atoms with Gasteiger partial charge >= 0.3 is 0 Å². The first-order chi connectivity index (χ1) is 9.88. The van der Waals surface area contributed by atoms with Gasteiger partial charge in [0.1, 0.15) is 21.8 Å². The summed E-state index contributed by atoms with van der Waals surface area (Å²) in [5.74, 6) is 1.56. The molecule has 2 heterocycles. The molecule has 1 unspecified atom stereocenters. The van der Waals surface area contributed by atoms with E-state index in [1.807, 2.05) is 24.3 Å². The second-order valence-corrected chi connectivity index (χ2v) is 7.34. The summed E-state index contributed by atoms with van der Waals surface area (Å²) < 4.78 is 6.36. The van der Waals surface area contributed by atoms with Crippen LogP contribution in [0.3, 0.4) is 0 Å². The SMILES string of the molecule is CC(C)(C)c1nc(C2COc3ccccc32)[nH]c(=O)c1I. The average molecular weight is 396 g/mol. The zero-order chi connectivity index (χ0) is 15.2. The van der Waals surface area contributed by atoms with E-state index >= 15 is 0 Å². The number of halogens is 1. The minimum Gasteiger partial charge on any atom is -0.492 e. The zero-order valence-electron chi connectivity index (χ0n) is 12.2. The molecule has 1 aromatic heterocycles. The lowest BCUT2D eigenvalue weighted by atomic mass is 9.91. The Morgan fingerprint density at radius 1 is 1.33 bits per heavy atom. The molecule has 0 radical (unpaired) electrons. The lowest BCUT2D eigenvalue weighted by Gasteiger charge is -2.20. The summed E-state index contributed by atoms with van der Waals surface area (Å²) in [5.41, 5.74) is 1.68. The number of nitrogens with zero attached hydrogens (tertiary/aromatic N) is 1. The Bertz CT molecular complexity index is 747. The molecule has 110 valence electrons. The van der Waals surface area contributed by atoms with Crippen molar-refractivity contribution in [2.45, 2.75) is 32.1 Å². The molecule has 0 saturated carbocycles. The van der Waals surface area contributed by atoms with Crippen LogP contribution in [0.1, 0.15) is 43.8 Å². The minimum absolute atomic E-state index is 0.00741. The Labute approximate surface area is 137 Å². The number of nitrogens with one attached hydrogen (secondary N) is 1. The summed E-state index contributed by atoms with van der Waals surface area (Å²) in [4.78, 5) is 19.9. The summed E-state index contributed by atoms with van der Waals surface area (Å²) in [5, 5.41) is 0. The topological polar surface area (TPSA) is 55.0 Å². The molecule has 0 spiro atoms. The van der Waals surface area contributed by atoms with Crippen LogP contribution in [0, 0.1) is 3.57 Å². The van der Waals surface area contributed by atoms with Gasteiger partial charge in [0.15, 0.2) is 0 Å². The summed E-state index contributed by atoms with van der Waals surface area (Å²) in [6.45, 7) is 6.73. The number of benzene rings is 1. The summed E-state index contributed by atoms with van der Waals surface area (Å²) in [7, 11) is 0. The summed E-state index contributed by atoms with van der Waals surface area (Å²) >= 11 is 2.07. The predicted octanol–water partition coefficient (Wildman–Crippen LogP) is 3.20. The Morgan fingerprint density at radius 3 is 2.76 bits per heavy atom. The van der Waals surface area contributed by atoms with Gasteiger partial charge in [-0.05, 0) is 28.7 Å². The molecular weight excluding hydrogens is 379 g/mol. The van der Waals surface area contributed by atoms with Crippen LogP contribution in [-0.4, -0.2) is 16.6 Å². The number of para-hydroxylation sites is 1. The highest BCUT2D eigenvalue weighted by molar-refractivity contribution is 14.1. The second kappa shape index (κ2) is 5.12. The van der Waals surface area contributed by atoms with E-state index in [2.05, 4.69) is 48.3 Å². The minimum atomic E-state index is -0.168. The van der Waals surface area contributed by atoms with Gasteiger partial charge in [-0.3, -0.25) is 4.79 Å². The van der Waals surface area contributed by atoms with E-state index < -0.39 is 0 Å². The highest BCUT2D eigenvalue weighted by Crippen LogP contribution is 2.36. The molecule has 4 nitrogen and oxygen atoms in total. The number of aromatic amines is 1. The van der Waals surface area contributed by atoms with Gasteiger partial charge in [0, 0.05) is 11.0 Å². The van der Waals surface area contributed by atoms with E-state index in [1.54, 1.807) is 0 Å². The van der Waals surface area contributed by atoms with Crippen LogP contribution < -0.4 is 10.3 Å². The van der Waals surface area contributed by atoms with Crippen LogP contribution in [0.25, 0.3) is 0 Å². The van der Waals surface area contributed by atoms with E-state index in [0.29, 0.717) is 16.0 Å². The molecule has 1 aliphatic rings. The first-order valence-corrected chi connectivity index (χ1v) is 7.97. The molecular formula is C16H17IN2O2. The number of rotatable bonds is 1. The predicted molar refractivity (Wildman–Crippen MR) is 90.1 cm³/mol. The van der Waals surface area contributed by atoms with Crippen molar-refractivity contribution in [3.63, 3.8) is 0 Å². The molecule has 1 aromatic carbocycles. The Hall–Kier alpha value is -1.37. The maximum absolute atomic E-state index is 12.2. The standard InChI is InChI=1S/C16H17IN2O2/c1-16(2,3)13-12(17)15(20)19-14(18-13)10-8-21-11-7-5-4-6-9(10)11/h4-7,10H,8H2,1-3H3,(H,18,19,20). The number of H-pyrrole nitrogens is 1. The van der Waals surface area contributed by atoms with Crippen LogP contribution in [0.2, 0.25) is 0 Å². The fraction of sp³-hybridized carbons (Fsp3) is 0.375. The van der Waals surface area contributed by atoms with Crippen molar-refractivity contribution in [3.05, 3.63) is 55.3 Å². The second-order valence-electron chi connectivity index (χ2n) is 6.27. The van der Waals surface area contributed by atoms with E-state index in [1.165, 1.54) is 0 Å². The monoisotopic (exact) mass is 396 g/mol. The molecule has 1 aliphatic heterocycles. The van der Waals surface area contributed by atoms with Crippen LogP contribution in [0.5, 0.6) is 5.75 Å². The van der Waals surface area contributed by atoms with Crippen LogP contribution >= 0.6 is 22.6 Å². The molecule has 3 rings (SSSR count). The van der Waals surface area contributed by atoms with Gasteiger partial charge in [0.2, 0.25) is 0 Å². The Morgan fingerprint density at radius 2 is 2.05 bits per heavy atom. The molecule has 1 atom stereocenters.